The molecular formula is C16H34N2O5. The topological polar surface area (TPSA) is 63.6 Å². The number of aliphatic hydroxyl groups excluding tert-OH is 1. The largest absolute Gasteiger partial charge is 0.394 e. The van der Waals surface area contributed by atoms with Gasteiger partial charge in [-0.2, -0.15) is 0 Å². The second-order valence-corrected chi connectivity index (χ2v) is 6.04. The predicted molar refractivity (Wildman–Crippen MR) is 88.6 cm³/mol. The molecule has 0 bridgehead atoms. The average Bonchev–Trinajstić information content (AvgIpc) is 2.57. The number of rotatable bonds is 13. The first-order valence-electron chi connectivity index (χ1n) is 8.47. The molecule has 1 rings (SSSR count). The molecule has 1 heterocycles. The molecule has 7 nitrogen and oxygen atoms in total. The van der Waals surface area contributed by atoms with Gasteiger partial charge in [-0.15, -0.1) is 0 Å². The molecule has 138 valence electrons. The maximum Gasteiger partial charge on any atom is 0.115 e. The van der Waals surface area contributed by atoms with Crippen LogP contribution in [0, 0.1) is 0 Å². The summed E-state index contributed by atoms with van der Waals surface area (Å²) in [4.78, 5) is 4.79. The van der Waals surface area contributed by atoms with E-state index in [1.165, 1.54) is 0 Å². The lowest BCUT2D eigenvalue weighted by Crippen LogP contribution is -2.55. The van der Waals surface area contributed by atoms with Crippen LogP contribution >= 0.6 is 0 Å². The number of ether oxygens (including phenoxy) is 4. The molecule has 1 aliphatic rings. The molecule has 0 aliphatic carbocycles. The van der Waals surface area contributed by atoms with Crippen molar-refractivity contribution in [3.05, 3.63) is 0 Å². The van der Waals surface area contributed by atoms with Crippen LogP contribution in [-0.2, 0) is 18.9 Å². The average molecular weight is 334 g/mol. The second-order valence-electron chi connectivity index (χ2n) is 6.04. The first-order valence-corrected chi connectivity index (χ1v) is 8.47. The van der Waals surface area contributed by atoms with Gasteiger partial charge in [-0.25, -0.2) is 0 Å². The first kappa shape index (κ1) is 20.8. The van der Waals surface area contributed by atoms with Crippen molar-refractivity contribution in [2.75, 3.05) is 86.1 Å². The lowest BCUT2D eigenvalue weighted by molar-refractivity contribution is -0.123. The van der Waals surface area contributed by atoms with Gasteiger partial charge in [-0.05, 0) is 13.8 Å². The predicted octanol–water partition coefficient (Wildman–Crippen LogP) is 0.0286. The quantitative estimate of drug-likeness (QED) is 0.477. The Kier molecular flexibility index (Phi) is 11.0. The Morgan fingerprint density at radius 3 is 1.87 bits per heavy atom. The Balaban J connectivity index is 1.92. The third kappa shape index (κ3) is 8.95. The summed E-state index contributed by atoms with van der Waals surface area (Å²) in [5, 5.41) is 8.54. The van der Waals surface area contributed by atoms with Crippen molar-refractivity contribution in [1.29, 1.82) is 0 Å². The van der Waals surface area contributed by atoms with Crippen LogP contribution in [-0.4, -0.2) is 107 Å². The fraction of sp³-hybridized carbons (Fsp3) is 1.00. The molecule has 1 fully saturated rings. The number of aliphatic hydroxyl groups is 1. The number of hydrogen-bond donors (Lipinski definition) is 1. The Hall–Kier alpha value is -0.280. The SMILES string of the molecule is COC(C)(C)N1CCN(CCOCCOCCOCCO)CC1. The highest BCUT2D eigenvalue weighted by Crippen LogP contribution is 2.17. The molecule has 0 aromatic carbocycles. The summed E-state index contributed by atoms with van der Waals surface area (Å²) in [6.07, 6.45) is 0. The van der Waals surface area contributed by atoms with Crippen LogP contribution in [0.4, 0.5) is 0 Å². The van der Waals surface area contributed by atoms with Crippen molar-refractivity contribution in [2.24, 2.45) is 0 Å². The van der Waals surface area contributed by atoms with E-state index in [0.717, 1.165) is 39.3 Å². The second kappa shape index (κ2) is 12.1. The third-order valence-corrected chi connectivity index (χ3v) is 4.16. The molecule has 0 unspecified atom stereocenters. The van der Waals surface area contributed by atoms with E-state index in [9.17, 15) is 0 Å². The van der Waals surface area contributed by atoms with E-state index in [1.54, 1.807) is 7.11 Å². The van der Waals surface area contributed by atoms with E-state index < -0.39 is 0 Å². The molecule has 0 aromatic heterocycles. The van der Waals surface area contributed by atoms with Crippen molar-refractivity contribution in [1.82, 2.24) is 9.80 Å². The van der Waals surface area contributed by atoms with Crippen LogP contribution in [0.15, 0.2) is 0 Å². The lowest BCUT2D eigenvalue weighted by atomic mass is 10.2. The highest BCUT2D eigenvalue weighted by molar-refractivity contribution is 4.78. The summed E-state index contributed by atoms with van der Waals surface area (Å²) < 4.78 is 21.6. The van der Waals surface area contributed by atoms with Gasteiger partial charge in [0.25, 0.3) is 0 Å². The highest BCUT2D eigenvalue weighted by Gasteiger charge is 2.29. The molecular weight excluding hydrogens is 300 g/mol. The van der Waals surface area contributed by atoms with E-state index in [4.69, 9.17) is 24.1 Å². The van der Waals surface area contributed by atoms with E-state index >= 15 is 0 Å². The minimum atomic E-state index is -0.180. The molecule has 1 aliphatic heterocycles. The Morgan fingerprint density at radius 2 is 1.35 bits per heavy atom. The van der Waals surface area contributed by atoms with E-state index in [1.807, 2.05) is 0 Å². The summed E-state index contributed by atoms with van der Waals surface area (Å²) in [6, 6.07) is 0. The Morgan fingerprint density at radius 1 is 0.826 bits per heavy atom. The van der Waals surface area contributed by atoms with E-state index in [-0.39, 0.29) is 12.3 Å². The van der Waals surface area contributed by atoms with Gasteiger partial charge in [0.1, 0.15) is 5.72 Å². The van der Waals surface area contributed by atoms with Crippen molar-refractivity contribution in [3.63, 3.8) is 0 Å². The van der Waals surface area contributed by atoms with Gasteiger partial charge >= 0.3 is 0 Å². The van der Waals surface area contributed by atoms with Crippen LogP contribution in [0.1, 0.15) is 13.8 Å². The Labute approximate surface area is 140 Å². The zero-order chi connectivity index (χ0) is 17.0. The number of piperazine rings is 1. The van der Waals surface area contributed by atoms with Gasteiger partial charge < -0.3 is 24.1 Å². The van der Waals surface area contributed by atoms with Crippen LogP contribution < -0.4 is 0 Å². The smallest absolute Gasteiger partial charge is 0.115 e. The van der Waals surface area contributed by atoms with Crippen molar-refractivity contribution >= 4 is 0 Å². The monoisotopic (exact) mass is 334 g/mol. The summed E-state index contributed by atoms with van der Waals surface area (Å²) >= 11 is 0. The van der Waals surface area contributed by atoms with Crippen LogP contribution in [0.25, 0.3) is 0 Å². The zero-order valence-electron chi connectivity index (χ0n) is 15.0. The van der Waals surface area contributed by atoms with Gasteiger partial charge in [0.2, 0.25) is 0 Å². The molecule has 0 spiro atoms. The number of hydrogen-bond acceptors (Lipinski definition) is 7. The highest BCUT2D eigenvalue weighted by atomic mass is 16.5. The van der Waals surface area contributed by atoms with Crippen molar-refractivity contribution < 1.29 is 24.1 Å². The molecule has 0 atom stereocenters. The van der Waals surface area contributed by atoms with Gasteiger partial charge in [0, 0.05) is 39.8 Å². The summed E-state index contributed by atoms with van der Waals surface area (Å²) in [7, 11) is 1.76. The van der Waals surface area contributed by atoms with Gasteiger partial charge in [0.15, 0.2) is 0 Å². The summed E-state index contributed by atoms with van der Waals surface area (Å²) in [5.74, 6) is 0. The summed E-state index contributed by atoms with van der Waals surface area (Å²) in [6.45, 7) is 12.7. The molecule has 0 aromatic rings. The molecule has 1 N–H and O–H groups in total. The van der Waals surface area contributed by atoms with Gasteiger partial charge in [-0.3, -0.25) is 9.80 Å². The lowest BCUT2D eigenvalue weighted by Gasteiger charge is -2.43. The molecule has 1 saturated heterocycles. The minimum Gasteiger partial charge on any atom is -0.394 e. The Bertz CT molecular complexity index is 284. The fourth-order valence-electron chi connectivity index (χ4n) is 2.44. The maximum absolute atomic E-state index is 8.54. The summed E-state index contributed by atoms with van der Waals surface area (Å²) in [5.41, 5.74) is -0.180. The van der Waals surface area contributed by atoms with E-state index in [0.29, 0.717) is 33.0 Å². The van der Waals surface area contributed by atoms with Crippen molar-refractivity contribution in [2.45, 2.75) is 19.6 Å². The minimum absolute atomic E-state index is 0.0559. The molecule has 0 amide bonds. The third-order valence-electron chi connectivity index (χ3n) is 4.16. The first-order chi connectivity index (χ1) is 11.1. The van der Waals surface area contributed by atoms with Crippen LogP contribution in [0.2, 0.25) is 0 Å². The molecule has 0 radical (unpaired) electrons. The van der Waals surface area contributed by atoms with Crippen LogP contribution in [0.5, 0.6) is 0 Å². The standard InChI is InChI=1S/C16H34N2O5/c1-16(2,20-3)18-6-4-17(5-7-18)8-10-21-12-14-23-15-13-22-11-9-19/h19H,4-15H2,1-3H3. The van der Waals surface area contributed by atoms with Crippen LogP contribution in [0.3, 0.4) is 0 Å². The normalized spacial score (nSPS) is 17.7. The molecule has 7 heteroatoms. The molecule has 23 heavy (non-hydrogen) atoms. The number of nitrogens with zero attached hydrogens (tertiary/aromatic N) is 2. The maximum atomic E-state index is 8.54. The number of methoxy groups -OCH3 is 1. The molecule has 0 saturated carbocycles. The van der Waals surface area contributed by atoms with Gasteiger partial charge in [0.05, 0.1) is 46.2 Å². The zero-order valence-corrected chi connectivity index (χ0v) is 15.0. The van der Waals surface area contributed by atoms with E-state index in [2.05, 4.69) is 23.6 Å². The van der Waals surface area contributed by atoms with Gasteiger partial charge in [-0.1, -0.05) is 0 Å². The fourth-order valence-corrected chi connectivity index (χ4v) is 2.44. The van der Waals surface area contributed by atoms with Crippen molar-refractivity contribution in [3.8, 4) is 0 Å².